The van der Waals surface area contributed by atoms with E-state index in [2.05, 4.69) is 10.6 Å². The maximum absolute atomic E-state index is 12.4. The summed E-state index contributed by atoms with van der Waals surface area (Å²) >= 11 is 17.6. The fourth-order valence-electron chi connectivity index (χ4n) is 2.08. The van der Waals surface area contributed by atoms with E-state index < -0.39 is 31.4 Å². The standard InChI is InChI=1S/C15H11Cl3N4O5/c16-15(17,18)14(19-9-5-7-10(8-6-9)21(24)25)20-13(23)11-3-1-2-4-12(11)22(26)27/h1-8,14,19H,(H,20,23)/t14-/m0/s1. The van der Waals surface area contributed by atoms with Gasteiger partial charge in [-0.1, -0.05) is 46.9 Å². The molecule has 2 N–H and O–H groups in total. The summed E-state index contributed by atoms with van der Waals surface area (Å²) in [6.07, 6.45) is -1.28. The van der Waals surface area contributed by atoms with Gasteiger partial charge < -0.3 is 10.6 Å². The van der Waals surface area contributed by atoms with Crippen LogP contribution in [0.25, 0.3) is 0 Å². The Morgan fingerprint density at radius 3 is 2.07 bits per heavy atom. The summed E-state index contributed by atoms with van der Waals surface area (Å²) in [5.41, 5.74) is -0.449. The van der Waals surface area contributed by atoms with Crippen LogP contribution in [0.5, 0.6) is 0 Å². The Morgan fingerprint density at radius 1 is 0.963 bits per heavy atom. The number of halogens is 3. The number of carbonyl (C=O) groups excluding carboxylic acids is 1. The van der Waals surface area contributed by atoms with Crippen LogP contribution in [0, 0.1) is 20.2 Å². The summed E-state index contributed by atoms with van der Waals surface area (Å²) in [6, 6.07) is 10.5. The number of nitro benzene ring substituents is 2. The van der Waals surface area contributed by atoms with Crippen LogP contribution in [0.3, 0.4) is 0 Å². The first kappa shape index (κ1) is 20.7. The first-order chi connectivity index (χ1) is 12.6. The van der Waals surface area contributed by atoms with Crippen LogP contribution in [0.4, 0.5) is 17.1 Å². The number of hydrogen-bond acceptors (Lipinski definition) is 6. The maximum atomic E-state index is 12.4. The van der Waals surface area contributed by atoms with Gasteiger partial charge in [0.25, 0.3) is 17.3 Å². The van der Waals surface area contributed by atoms with Crippen molar-refractivity contribution < 1.29 is 14.6 Å². The molecule has 0 aliphatic rings. The van der Waals surface area contributed by atoms with E-state index in [0.717, 1.165) is 0 Å². The van der Waals surface area contributed by atoms with Crippen molar-refractivity contribution >= 4 is 57.8 Å². The third-order valence-corrected chi connectivity index (χ3v) is 3.99. The normalized spacial score (nSPS) is 12.1. The van der Waals surface area contributed by atoms with Crippen molar-refractivity contribution in [3.8, 4) is 0 Å². The summed E-state index contributed by atoms with van der Waals surface area (Å²) in [7, 11) is 0. The Kier molecular flexibility index (Phi) is 6.42. The number of nitrogens with one attached hydrogen (secondary N) is 2. The van der Waals surface area contributed by atoms with E-state index in [4.69, 9.17) is 34.8 Å². The van der Waals surface area contributed by atoms with Gasteiger partial charge in [-0.2, -0.15) is 0 Å². The van der Waals surface area contributed by atoms with E-state index in [9.17, 15) is 25.0 Å². The quantitative estimate of drug-likeness (QED) is 0.306. The Labute approximate surface area is 167 Å². The van der Waals surface area contributed by atoms with E-state index in [-0.39, 0.29) is 11.3 Å². The molecule has 0 aliphatic carbocycles. The van der Waals surface area contributed by atoms with Gasteiger partial charge in [-0.15, -0.1) is 0 Å². The number of rotatable bonds is 6. The minimum atomic E-state index is -2.03. The van der Waals surface area contributed by atoms with Crippen molar-refractivity contribution in [2.45, 2.75) is 9.96 Å². The van der Waals surface area contributed by atoms with Crippen LogP contribution in [0.1, 0.15) is 10.4 Å². The van der Waals surface area contributed by atoms with Gasteiger partial charge in [0.15, 0.2) is 0 Å². The Hall–Kier alpha value is -2.62. The van der Waals surface area contributed by atoms with Crippen LogP contribution in [0.15, 0.2) is 48.5 Å². The van der Waals surface area contributed by atoms with E-state index in [1.807, 2.05) is 0 Å². The summed E-state index contributed by atoms with van der Waals surface area (Å²) in [5, 5.41) is 26.8. The fraction of sp³-hybridized carbons (Fsp3) is 0.133. The van der Waals surface area contributed by atoms with Crippen LogP contribution < -0.4 is 10.6 Å². The lowest BCUT2D eigenvalue weighted by Crippen LogP contribution is -2.49. The molecule has 0 fully saturated rings. The monoisotopic (exact) mass is 432 g/mol. The molecule has 0 saturated carbocycles. The average Bonchev–Trinajstić information content (AvgIpc) is 2.60. The second-order valence-electron chi connectivity index (χ2n) is 5.17. The van der Waals surface area contributed by atoms with Gasteiger partial charge in [0.05, 0.1) is 9.85 Å². The van der Waals surface area contributed by atoms with Crippen LogP contribution in [-0.2, 0) is 0 Å². The molecule has 27 heavy (non-hydrogen) atoms. The third kappa shape index (κ3) is 5.43. The Bertz CT molecular complexity index is 871. The number of alkyl halides is 3. The van der Waals surface area contributed by atoms with E-state index in [1.54, 1.807) is 0 Å². The van der Waals surface area contributed by atoms with Gasteiger partial charge in [0.2, 0.25) is 3.79 Å². The zero-order chi connectivity index (χ0) is 20.2. The molecule has 12 heteroatoms. The number of benzene rings is 2. The van der Waals surface area contributed by atoms with Gasteiger partial charge in [-0.05, 0) is 18.2 Å². The largest absolute Gasteiger partial charge is 0.362 e. The predicted octanol–water partition coefficient (Wildman–Crippen LogP) is 4.04. The lowest BCUT2D eigenvalue weighted by atomic mass is 10.1. The van der Waals surface area contributed by atoms with Crippen molar-refractivity contribution in [2.24, 2.45) is 0 Å². The molecule has 9 nitrogen and oxygen atoms in total. The lowest BCUT2D eigenvalue weighted by Gasteiger charge is -2.27. The van der Waals surface area contributed by atoms with Crippen molar-refractivity contribution in [3.63, 3.8) is 0 Å². The molecule has 2 rings (SSSR count). The molecule has 0 aliphatic heterocycles. The molecule has 0 bridgehead atoms. The molecule has 0 spiro atoms. The molecule has 0 unspecified atom stereocenters. The van der Waals surface area contributed by atoms with Crippen molar-refractivity contribution in [1.29, 1.82) is 0 Å². The maximum Gasteiger partial charge on any atom is 0.282 e. The molecule has 2 aromatic carbocycles. The number of nitrogens with zero attached hydrogens (tertiary/aromatic N) is 2. The van der Waals surface area contributed by atoms with E-state index in [1.165, 1.54) is 48.5 Å². The summed E-state index contributed by atoms with van der Waals surface area (Å²) in [6.45, 7) is 0. The van der Waals surface area contributed by atoms with Gasteiger partial charge in [0, 0.05) is 23.9 Å². The summed E-state index contributed by atoms with van der Waals surface area (Å²) in [4.78, 5) is 32.9. The zero-order valence-corrected chi connectivity index (χ0v) is 15.5. The summed E-state index contributed by atoms with van der Waals surface area (Å²) < 4.78 is -2.03. The molecule has 0 saturated heterocycles. The molecular weight excluding hydrogens is 423 g/mol. The van der Waals surface area contributed by atoms with Crippen LogP contribution >= 0.6 is 34.8 Å². The molecule has 0 aromatic heterocycles. The van der Waals surface area contributed by atoms with Gasteiger partial charge in [0.1, 0.15) is 11.7 Å². The zero-order valence-electron chi connectivity index (χ0n) is 13.3. The van der Waals surface area contributed by atoms with Crippen molar-refractivity contribution in [3.05, 3.63) is 74.3 Å². The van der Waals surface area contributed by atoms with Gasteiger partial charge in [-0.25, -0.2) is 0 Å². The highest BCUT2D eigenvalue weighted by molar-refractivity contribution is 6.68. The minimum absolute atomic E-state index is 0.144. The van der Waals surface area contributed by atoms with Crippen molar-refractivity contribution in [1.82, 2.24) is 5.32 Å². The number of para-hydroxylation sites is 1. The van der Waals surface area contributed by atoms with Gasteiger partial charge in [-0.3, -0.25) is 25.0 Å². The molecule has 1 atom stereocenters. The molecule has 0 radical (unpaired) electrons. The number of carbonyl (C=O) groups is 1. The molecule has 0 heterocycles. The number of nitro groups is 2. The average molecular weight is 434 g/mol. The lowest BCUT2D eigenvalue weighted by molar-refractivity contribution is -0.385. The Morgan fingerprint density at radius 2 is 1.56 bits per heavy atom. The van der Waals surface area contributed by atoms with E-state index >= 15 is 0 Å². The second-order valence-corrected chi connectivity index (χ2v) is 7.54. The topological polar surface area (TPSA) is 127 Å². The van der Waals surface area contributed by atoms with Crippen molar-refractivity contribution in [2.75, 3.05) is 5.32 Å². The predicted molar refractivity (Wildman–Crippen MR) is 101 cm³/mol. The first-order valence-electron chi connectivity index (χ1n) is 7.21. The molecule has 2 aromatic rings. The van der Waals surface area contributed by atoms with Crippen LogP contribution in [-0.4, -0.2) is 25.7 Å². The minimum Gasteiger partial charge on any atom is -0.362 e. The second kappa shape index (κ2) is 8.38. The Balaban J connectivity index is 2.24. The summed E-state index contributed by atoms with van der Waals surface area (Å²) in [5.74, 6) is -0.840. The van der Waals surface area contributed by atoms with Crippen LogP contribution in [0.2, 0.25) is 0 Å². The fourth-order valence-corrected chi connectivity index (χ4v) is 2.41. The molecular formula is C15H11Cl3N4O5. The number of amides is 1. The highest BCUT2D eigenvalue weighted by atomic mass is 35.6. The van der Waals surface area contributed by atoms with E-state index in [0.29, 0.717) is 5.69 Å². The highest BCUT2D eigenvalue weighted by Crippen LogP contribution is 2.32. The SMILES string of the molecule is O=C(N[C@H](Nc1ccc([N+](=O)[O-])cc1)C(Cl)(Cl)Cl)c1ccccc1[N+](=O)[O-]. The number of anilines is 1. The molecule has 142 valence electrons. The highest BCUT2D eigenvalue weighted by Gasteiger charge is 2.35. The molecule has 1 amide bonds. The number of non-ortho nitro benzene ring substituents is 1. The number of hydrogen-bond donors (Lipinski definition) is 2. The third-order valence-electron chi connectivity index (χ3n) is 3.34. The van der Waals surface area contributed by atoms with Gasteiger partial charge >= 0.3 is 0 Å². The first-order valence-corrected chi connectivity index (χ1v) is 8.35. The smallest absolute Gasteiger partial charge is 0.282 e.